The summed E-state index contributed by atoms with van der Waals surface area (Å²) in [7, 11) is 0. The molecule has 1 atom stereocenters. The maximum atomic E-state index is 4.91. The number of H-pyrrole nitrogens is 1. The molecule has 182 valence electrons. The summed E-state index contributed by atoms with van der Waals surface area (Å²) in [5, 5.41) is 2.48. The lowest BCUT2D eigenvalue weighted by atomic mass is 9.97. The monoisotopic (exact) mass is 490 g/mol. The van der Waals surface area contributed by atoms with Gasteiger partial charge in [0.15, 0.2) is 17.5 Å². The van der Waals surface area contributed by atoms with Crippen LogP contribution in [0.5, 0.6) is 0 Å². The molecule has 1 aliphatic rings. The van der Waals surface area contributed by atoms with E-state index in [0.29, 0.717) is 23.4 Å². The van der Waals surface area contributed by atoms with Crippen molar-refractivity contribution in [3.63, 3.8) is 0 Å². The molecule has 1 aliphatic carbocycles. The highest BCUT2D eigenvalue weighted by atomic mass is 15.0. The van der Waals surface area contributed by atoms with E-state index in [0.717, 1.165) is 39.7 Å². The number of hydrogen-bond donors (Lipinski definition) is 1. The third kappa shape index (κ3) is 4.10. The van der Waals surface area contributed by atoms with Crippen molar-refractivity contribution in [1.29, 1.82) is 0 Å². The van der Waals surface area contributed by atoms with Crippen LogP contribution in [0.1, 0.15) is 19.2 Å². The van der Waals surface area contributed by atoms with E-state index in [-0.39, 0.29) is 0 Å². The summed E-state index contributed by atoms with van der Waals surface area (Å²) < 4.78 is 0. The van der Waals surface area contributed by atoms with Crippen molar-refractivity contribution >= 4 is 27.4 Å². The Morgan fingerprint density at radius 2 is 1.24 bits per heavy atom. The molecule has 38 heavy (non-hydrogen) atoms. The summed E-state index contributed by atoms with van der Waals surface area (Å²) in [4.78, 5) is 18.2. The predicted octanol–water partition coefficient (Wildman–Crippen LogP) is 8.49. The number of allylic oxidation sites excluding steroid dienone is 4. The molecule has 0 fully saturated rings. The number of fused-ring (bicyclic) bond motifs is 3. The summed E-state index contributed by atoms with van der Waals surface area (Å²) in [5.41, 5.74) is 7.65. The van der Waals surface area contributed by atoms with Gasteiger partial charge in [-0.25, -0.2) is 15.0 Å². The average Bonchev–Trinajstić information content (AvgIpc) is 3.35. The van der Waals surface area contributed by atoms with Gasteiger partial charge in [0.25, 0.3) is 0 Å². The van der Waals surface area contributed by atoms with Gasteiger partial charge in [-0.05, 0) is 41.7 Å². The first-order valence-corrected chi connectivity index (χ1v) is 13.0. The fourth-order valence-corrected chi connectivity index (χ4v) is 5.18. The molecule has 2 heterocycles. The van der Waals surface area contributed by atoms with Gasteiger partial charge in [0.2, 0.25) is 0 Å². The Morgan fingerprint density at radius 1 is 0.605 bits per heavy atom. The van der Waals surface area contributed by atoms with Crippen LogP contribution in [0.4, 0.5) is 0 Å². The van der Waals surface area contributed by atoms with E-state index in [9.17, 15) is 0 Å². The van der Waals surface area contributed by atoms with Crippen LogP contribution in [0.25, 0.3) is 61.3 Å². The first-order chi connectivity index (χ1) is 18.7. The standard InChI is InChI=1S/C34H26N4/c1-22-8-7-11-27(20-22)34-37-32(24-9-3-2-4-10-24)36-33(38-34)25-16-14-23(15-17-25)26-18-19-31-29(21-26)28-12-5-6-13-30(28)35-31/h2-7,9-22,35H,8H2,1H3. The fourth-order valence-electron chi connectivity index (χ4n) is 5.18. The van der Waals surface area contributed by atoms with E-state index in [1.165, 1.54) is 16.3 Å². The maximum Gasteiger partial charge on any atom is 0.164 e. The molecule has 4 heteroatoms. The Hall–Kier alpha value is -4.83. The molecule has 6 aromatic rings. The minimum Gasteiger partial charge on any atom is -0.355 e. The molecule has 1 unspecified atom stereocenters. The van der Waals surface area contributed by atoms with Crippen LogP contribution >= 0.6 is 0 Å². The van der Waals surface area contributed by atoms with Crippen LogP contribution in [0, 0.1) is 5.92 Å². The lowest BCUT2D eigenvalue weighted by molar-refractivity contribution is 0.738. The zero-order chi connectivity index (χ0) is 25.5. The highest BCUT2D eigenvalue weighted by Crippen LogP contribution is 2.32. The van der Waals surface area contributed by atoms with E-state index in [4.69, 9.17) is 15.0 Å². The Kier molecular flexibility index (Phi) is 5.44. The summed E-state index contributed by atoms with van der Waals surface area (Å²) in [5.74, 6) is 2.54. The molecule has 7 rings (SSSR count). The molecule has 0 radical (unpaired) electrons. The number of nitrogens with zero attached hydrogens (tertiary/aromatic N) is 3. The van der Waals surface area contributed by atoms with E-state index < -0.39 is 0 Å². The average molecular weight is 491 g/mol. The van der Waals surface area contributed by atoms with Crippen molar-refractivity contribution in [2.75, 3.05) is 0 Å². The molecule has 0 aliphatic heterocycles. The Bertz CT molecular complexity index is 1840. The normalized spacial score (nSPS) is 15.2. The van der Waals surface area contributed by atoms with E-state index >= 15 is 0 Å². The highest BCUT2D eigenvalue weighted by Gasteiger charge is 2.15. The Labute approximate surface area is 221 Å². The third-order valence-corrected chi connectivity index (χ3v) is 7.18. The second-order valence-electron chi connectivity index (χ2n) is 9.92. The largest absolute Gasteiger partial charge is 0.355 e. The van der Waals surface area contributed by atoms with Crippen molar-refractivity contribution in [1.82, 2.24) is 19.9 Å². The van der Waals surface area contributed by atoms with Gasteiger partial charge < -0.3 is 4.98 Å². The van der Waals surface area contributed by atoms with E-state index in [2.05, 4.69) is 96.9 Å². The number of rotatable bonds is 4. The van der Waals surface area contributed by atoms with Crippen molar-refractivity contribution < 1.29 is 0 Å². The van der Waals surface area contributed by atoms with E-state index in [1.54, 1.807) is 0 Å². The molecule has 0 saturated heterocycles. The van der Waals surface area contributed by atoms with Gasteiger partial charge in [0, 0.05) is 38.5 Å². The first kappa shape index (κ1) is 22.4. The zero-order valence-corrected chi connectivity index (χ0v) is 21.1. The molecule has 2 aromatic heterocycles. The summed E-state index contributed by atoms with van der Waals surface area (Å²) >= 11 is 0. The van der Waals surface area contributed by atoms with Gasteiger partial charge >= 0.3 is 0 Å². The van der Waals surface area contributed by atoms with Gasteiger partial charge in [-0.3, -0.25) is 0 Å². The second kappa shape index (κ2) is 9.24. The van der Waals surface area contributed by atoms with Crippen molar-refractivity contribution in [3.05, 3.63) is 121 Å². The molecular weight excluding hydrogens is 464 g/mol. The van der Waals surface area contributed by atoms with Crippen LogP contribution in [0.3, 0.4) is 0 Å². The quantitative estimate of drug-likeness (QED) is 0.270. The van der Waals surface area contributed by atoms with Crippen molar-refractivity contribution in [2.24, 2.45) is 5.92 Å². The molecule has 0 spiro atoms. The zero-order valence-electron chi connectivity index (χ0n) is 21.1. The predicted molar refractivity (Wildman–Crippen MR) is 156 cm³/mol. The van der Waals surface area contributed by atoms with Gasteiger partial charge in [-0.1, -0.05) is 104 Å². The van der Waals surface area contributed by atoms with Gasteiger partial charge in [0.05, 0.1) is 0 Å². The summed E-state index contributed by atoms with van der Waals surface area (Å²) in [6.07, 6.45) is 7.61. The fraction of sp³-hybridized carbons (Fsp3) is 0.0882. The molecular formula is C34H26N4. The molecule has 0 amide bonds. The van der Waals surface area contributed by atoms with Crippen LogP contribution in [-0.4, -0.2) is 19.9 Å². The topological polar surface area (TPSA) is 54.5 Å². The number of nitrogens with one attached hydrogen (secondary N) is 1. The number of benzene rings is 4. The number of aromatic nitrogens is 4. The molecule has 4 nitrogen and oxygen atoms in total. The summed E-state index contributed by atoms with van der Waals surface area (Å²) in [6.45, 7) is 2.22. The number of para-hydroxylation sites is 1. The van der Waals surface area contributed by atoms with Gasteiger partial charge in [-0.2, -0.15) is 0 Å². The lowest BCUT2D eigenvalue weighted by Gasteiger charge is -2.13. The van der Waals surface area contributed by atoms with E-state index in [1.807, 2.05) is 30.3 Å². The van der Waals surface area contributed by atoms with Gasteiger partial charge in [0.1, 0.15) is 0 Å². The first-order valence-electron chi connectivity index (χ1n) is 13.0. The SMILES string of the molecule is CC1C=C(c2nc(-c3ccccc3)nc(-c3ccc(-c4ccc5[nH]c6ccccc6c5c4)cc3)n2)C=CC1. The second-order valence-corrected chi connectivity index (χ2v) is 9.92. The van der Waals surface area contributed by atoms with Gasteiger partial charge in [-0.15, -0.1) is 0 Å². The maximum absolute atomic E-state index is 4.91. The minimum atomic E-state index is 0.462. The van der Waals surface area contributed by atoms with Crippen LogP contribution in [0.15, 0.2) is 115 Å². The lowest BCUT2D eigenvalue weighted by Crippen LogP contribution is -2.04. The van der Waals surface area contributed by atoms with Crippen molar-refractivity contribution in [2.45, 2.75) is 13.3 Å². The Balaban J connectivity index is 1.29. The summed E-state index contributed by atoms with van der Waals surface area (Å²) in [6, 6.07) is 33.7. The van der Waals surface area contributed by atoms with Crippen LogP contribution < -0.4 is 0 Å². The molecule has 0 bridgehead atoms. The smallest absolute Gasteiger partial charge is 0.164 e. The molecule has 0 saturated carbocycles. The molecule has 1 N–H and O–H groups in total. The van der Waals surface area contributed by atoms with Crippen LogP contribution in [0.2, 0.25) is 0 Å². The number of hydrogen-bond acceptors (Lipinski definition) is 3. The molecule has 4 aromatic carbocycles. The van der Waals surface area contributed by atoms with Crippen LogP contribution in [-0.2, 0) is 0 Å². The minimum absolute atomic E-state index is 0.462. The van der Waals surface area contributed by atoms with Crippen molar-refractivity contribution in [3.8, 4) is 33.9 Å². The number of aromatic amines is 1. The highest BCUT2D eigenvalue weighted by molar-refractivity contribution is 6.08. The Morgan fingerprint density at radius 3 is 2.03 bits per heavy atom. The third-order valence-electron chi connectivity index (χ3n) is 7.18.